The smallest absolute Gasteiger partial charge is 0.258 e. The summed E-state index contributed by atoms with van der Waals surface area (Å²) in [7, 11) is 1.56. The topological polar surface area (TPSA) is 67.9 Å². The molecule has 2 amide bonds. The highest BCUT2D eigenvalue weighted by molar-refractivity contribution is 6.30. The number of carbonyl (C=O) groups is 2. The van der Waals surface area contributed by atoms with E-state index in [-0.39, 0.29) is 24.5 Å². The van der Waals surface area contributed by atoms with Crippen molar-refractivity contribution in [3.05, 3.63) is 59.1 Å². The Bertz CT molecular complexity index is 817. The van der Waals surface area contributed by atoms with E-state index in [1.807, 2.05) is 12.1 Å². The van der Waals surface area contributed by atoms with Gasteiger partial charge in [-0.15, -0.1) is 0 Å². The van der Waals surface area contributed by atoms with Gasteiger partial charge in [0.25, 0.3) is 11.8 Å². The van der Waals surface area contributed by atoms with Crippen molar-refractivity contribution < 1.29 is 19.1 Å². The summed E-state index contributed by atoms with van der Waals surface area (Å²) in [6.07, 6.45) is 1.40. The number of hydrogen-bond donors (Lipinski definition) is 1. The van der Waals surface area contributed by atoms with Crippen molar-refractivity contribution in [1.82, 2.24) is 10.2 Å². The van der Waals surface area contributed by atoms with Gasteiger partial charge in [-0.1, -0.05) is 23.7 Å². The maximum Gasteiger partial charge on any atom is 0.258 e. The standard InChI is InChI=1S/C21H23ClN2O4/c1-27-19-5-3-2-4-18(19)21(26)24-12-10-16(11-13-24)23-20(25)14-28-17-8-6-15(22)7-9-17/h2-9,16H,10-14H2,1H3,(H,23,25). The number of benzene rings is 2. The van der Waals surface area contributed by atoms with Crippen molar-refractivity contribution >= 4 is 23.4 Å². The van der Waals surface area contributed by atoms with Crippen LogP contribution < -0.4 is 14.8 Å². The van der Waals surface area contributed by atoms with Crippen LogP contribution in [0.3, 0.4) is 0 Å². The minimum absolute atomic E-state index is 0.0306. The largest absolute Gasteiger partial charge is 0.496 e. The average molecular weight is 403 g/mol. The van der Waals surface area contributed by atoms with Gasteiger partial charge in [0.15, 0.2) is 6.61 Å². The summed E-state index contributed by atoms with van der Waals surface area (Å²) in [5.74, 6) is 0.941. The molecule has 7 heteroatoms. The molecule has 2 aromatic rings. The lowest BCUT2D eigenvalue weighted by Crippen LogP contribution is -2.47. The van der Waals surface area contributed by atoms with Crippen molar-refractivity contribution in [2.45, 2.75) is 18.9 Å². The molecule has 0 radical (unpaired) electrons. The van der Waals surface area contributed by atoms with Gasteiger partial charge in [0.05, 0.1) is 12.7 Å². The molecule has 1 aliphatic heterocycles. The fraction of sp³-hybridized carbons (Fsp3) is 0.333. The number of ether oxygens (including phenoxy) is 2. The van der Waals surface area contributed by atoms with Crippen molar-refractivity contribution in [2.24, 2.45) is 0 Å². The summed E-state index contributed by atoms with van der Waals surface area (Å²) in [4.78, 5) is 26.6. The predicted molar refractivity (Wildman–Crippen MR) is 107 cm³/mol. The van der Waals surface area contributed by atoms with Gasteiger partial charge in [-0.05, 0) is 49.2 Å². The molecule has 0 aliphatic carbocycles. The highest BCUT2D eigenvalue weighted by Crippen LogP contribution is 2.21. The molecule has 6 nitrogen and oxygen atoms in total. The van der Waals surface area contributed by atoms with E-state index in [0.29, 0.717) is 48.0 Å². The molecule has 1 heterocycles. The summed E-state index contributed by atoms with van der Waals surface area (Å²) in [5.41, 5.74) is 0.559. The number of rotatable bonds is 6. The summed E-state index contributed by atoms with van der Waals surface area (Å²) < 4.78 is 10.7. The summed E-state index contributed by atoms with van der Waals surface area (Å²) in [6.45, 7) is 1.11. The molecule has 1 saturated heterocycles. The Kier molecular flexibility index (Phi) is 6.76. The first kappa shape index (κ1) is 20.0. The normalized spacial score (nSPS) is 14.4. The van der Waals surface area contributed by atoms with Gasteiger partial charge in [0, 0.05) is 24.2 Å². The maximum atomic E-state index is 12.7. The summed E-state index contributed by atoms with van der Waals surface area (Å²) in [5, 5.41) is 3.59. The molecule has 0 atom stereocenters. The summed E-state index contributed by atoms with van der Waals surface area (Å²) in [6, 6.07) is 14.1. The molecule has 1 aliphatic rings. The Morgan fingerprint density at radius 2 is 1.79 bits per heavy atom. The number of piperidine rings is 1. The number of carbonyl (C=O) groups excluding carboxylic acids is 2. The first-order valence-electron chi connectivity index (χ1n) is 9.17. The van der Waals surface area contributed by atoms with E-state index in [0.717, 1.165) is 0 Å². The van der Waals surface area contributed by atoms with Crippen LogP contribution in [0.5, 0.6) is 11.5 Å². The lowest BCUT2D eigenvalue weighted by Gasteiger charge is -2.32. The SMILES string of the molecule is COc1ccccc1C(=O)N1CCC(NC(=O)COc2ccc(Cl)cc2)CC1. The molecular formula is C21H23ClN2O4. The van der Waals surface area contributed by atoms with E-state index < -0.39 is 0 Å². The van der Waals surface area contributed by atoms with Crippen molar-refractivity contribution in [3.8, 4) is 11.5 Å². The van der Waals surface area contributed by atoms with E-state index >= 15 is 0 Å². The Balaban J connectivity index is 1.45. The van der Waals surface area contributed by atoms with Gasteiger partial charge in [0.2, 0.25) is 0 Å². The predicted octanol–water partition coefficient (Wildman–Crippen LogP) is 3.15. The van der Waals surface area contributed by atoms with Crippen LogP contribution in [-0.4, -0.2) is 49.6 Å². The third-order valence-corrected chi connectivity index (χ3v) is 4.92. The fourth-order valence-electron chi connectivity index (χ4n) is 3.17. The summed E-state index contributed by atoms with van der Waals surface area (Å²) >= 11 is 5.82. The third-order valence-electron chi connectivity index (χ3n) is 4.67. The Hall–Kier alpha value is -2.73. The zero-order valence-corrected chi connectivity index (χ0v) is 16.4. The second-order valence-corrected chi connectivity index (χ2v) is 7.01. The van der Waals surface area contributed by atoms with Gasteiger partial charge < -0.3 is 19.7 Å². The zero-order valence-electron chi connectivity index (χ0n) is 15.7. The molecule has 2 aromatic carbocycles. The minimum atomic E-state index is -0.176. The average Bonchev–Trinajstić information content (AvgIpc) is 2.73. The number of nitrogens with zero attached hydrogens (tertiary/aromatic N) is 1. The maximum absolute atomic E-state index is 12.7. The van der Waals surface area contributed by atoms with Crippen molar-refractivity contribution in [2.75, 3.05) is 26.8 Å². The molecule has 28 heavy (non-hydrogen) atoms. The van der Waals surface area contributed by atoms with Crippen LogP contribution in [0.15, 0.2) is 48.5 Å². The highest BCUT2D eigenvalue weighted by atomic mass is 35.5. The van der Waals surface area contributed by atoms with E-state index in [2.05, 4.69) is 5.32 Å². The van der Waals surface area contributed by atoms with Crippen LogP contribution in [0.2, 0.25) is 5.02 Å². The number of methoxy groups -OCH3 is 1. The molecule has 0 aromatic heterocycles. The van der Waals surface area contributed by atoms with Crippen LogP contribution in [0.1, 0.15) is 23.2 Å². The number of halogens is 1. The van der Waals surface area contributed by atoms with E-state index in [4.69, 9.17) is 21.1 Å². The van der Waals surface area contributed by atoms with Crippen LogP contribution in [0, 0.1) is 0 Å². The molecule has 1 N–H and O–H groups in total. The molecule has 0 bridgehead atoms. The lowest BCUT2D eigenvalue weighted by atomic mass is 10.0. The quantitative estimate of drug-likeness (QED) is 0.806. The number of nitrogens with one attached hydrogen (secondary N) is 1. The monoisotopic (exact) mass is 402 g/mol. The first-order valence-corrected chi connectivity index (χ1v) is 9.54. The minimum Gasteiger partial charge on any atom is -0.496 e. The number of para-hydroxylation sites is 1. The molecule has 0 spiro atoms. The first-order chi connectivity index (χ1) is 13.6. The van der Waals surface area contributed by atoms with Gasteiger partial charge in [0.1, 0.15) is 11.5 Å². The second kappa shape index (κ2) is 9.46. The van der Waals surface area contributed by atoms with Crippen molar-refractivity contribution in [1.29, 1.82) is 0 Å². The molecule has 0 saturated carbocycles. The highest BCUT2D eigenvalue weighted by Gasteiger charge is 2.26. The van der Waals surface area contributed by atoms with Gasteiger partial charge >= 0.3 is 0 Å². The van der Waals surface area contributed by atoms with Crippen LogP contribution in [-0.2, 0) is 4.79 Å². The molecule has 148 valence electrons. The van der Waals surface area contributed by atoms with E-state index in [9.17, 15) is 9.59 Å². The van der Waals surface area contributed by atoms with Crippen molar-refractivity contribution in [3.63, 3.8) is 0 Å². The Morgan fingerprint density at radius 3 is 2.46 bits per heavy atom. The number of amides is 2. The number of likely N-dealkylation sites (tertiary alicyclic amines) is 1. The van der Waals surface area contributed by atoms with Crippen LogP contribution >= 0.6 is 11.6 Å². The molecule has 3 rings (SSSR count). The third kappa shape index (κ3) is 5.16. The van der Waals surface area contributed by atoms with Crippen LogP contribution in [0.4, 0.5) is 0 Å². The van der Waals surface area contributed by atoms with E-state index in [1.165, 1.54) is 0 Å². The Morgan fingerprint density at radius 1 is 1.11 bits per heavy atom. The van der Waals surface area contributed by atoms with Gasteiger partial charge in [-0.2, -0.15) is 0 Å². The van der Waals surface area contributed by atoms with Gasteiger partial charge in [-0.3, -0.25) is 9.59 Å². The fourth-order valence-corrected chi connectivity index (χ4v) is 3.29. The van der Waals surface area contributed by atoms with Crippen LogP contribution in [0.25, 0.3) is 0 Å². The van der Waals surface area contributed by atoms with Gasteiger partial charge in [-0.25, -0.2) is 0 Å². The van der Waals surface area contributed by atoms with E-state index in [1.54, 1.807) is 48.4 Å². The molecule has 1 fully saturated rings. The lowest BCUT2D eigenvalue weighted by molar-refractivity contribution is -0.124. The molecular weight excluding hydrogens is 380 g/mol. The second-order valence-electron chi connectivity index (χ2n) is 6.58. The zero-order chi connectivity index (χ0) is 19.9. The number of hydrogen-bond acceptors (Lipinski definition) is 4. The Labute approximate surface area is 169 Å². The molecule has 0 unspecified atom stereocenters.